The van der Waals surface area contributed by atoms with Gasteiger partial charge >= 0.3 is 6.18 Å². The maximum Gasteiger partial charge on any atom is 0.412 e. The molecule has 0 bridgehead atoms. The van der Waals surface area contributed by atoms with E-state index in [0.29, 0.717) is 6.07 Å². The molecule has 2 atom stereocenters. The third kappa shape index (κ3) is 4.38. The molecule has 118 valence electrons. The lowest BCUT2D eigenvalue weighted by atomic mass is 10.0. The first-order valence-corrected chi connectivity index (χ1v) is 6.11. The fraction of sp³-hybridized carbons (Fsp3) is 0.462. The Kier molecular flexibility index (Phi) is 5.65. The Balaban J connectivity index is 3.08. The molecule has 0 fully saturated rings. The van der Waals surface area contributed by atoms with Crippen molar-refractivity contribution >= 4 is 5.91 Å². The predicted octanol–water partition coefficient (Wildman–Crippen LogP) is 3.11. The van der Waals surface area contributed by atoms with E-state index in [0.717, 1.165) is 12.1 Å². The Hall–Kier alpha value is -1.70. The van der Waals surface area contributed by atoms with Crippen LogP contribution < -0.4 is 5.32 Å². The smallest absolute Gasteiger partial charge is 0.369 e. The molecule has 0 aromatic heterocycles. The lowest BCUT2D eigenvalue weighted by Gasteiger charge is -2.24. The van der Waals surface area contributed by atoms with Crippen molar-refractivity contribution in [1.29, 1.82) is 0 Å². The van der Waals surface area contributed by atoms with Gasteiger partial charge in [0.1, 0.15) is 6.10 Å². The van der Waals surface area contributed by atoms with E-state index in [1.807, 2.05) is 0 Å². The number of ether oxygens (including phenoxy) is 1. The average Bonchev–Trinajstić information content (AvgIpc) is 2.38. The van der Waals surface area contributed by atoms with E-state index in [9.17, 15) is 26.7 Å². The van der Waals surface area contributed by atoms with Crippen molar-refractivity contribution in [1.82, 2.24) is 5.32 Å². The van der Waals surface area contributed by atoms with Gasteiger partial charge in [-0.1, -0.05) is 12.1 Å². The SMILES string of the molecule is CCO[C@@H](C)C(=O)N[C@H](c1cccc(F)c1F)C(F)(F)F. The van der Waals surface area contributed by atoms with Gasteiger partial charge in [0.2, 0.25) is 5.91 Å². The number of hydrogen-bond donors (Lipinski definition) is 1. The highest BCUT2D eigenvalue weighted by atomic mass is 19.4. The van der Waals surface area contributed by atoms with E-state index in [2.05, 4.69) is 0 Å². The summed E-state index contributed by atoms with van der Waals surface area (Å²) in [7, 11) is 0. The van der Waals surface area contributed by atoms with Crippen LogP contribution in [-0.4, -0.2) is 24.8 Å². The maximum atomic E-state index is 13.5. The zero-order valence-corrected chi connectivity index (χ0v) is 11.3. The van der Waals surface area contributed by atoms with Gasteiger partial charge in [0.05, 0.1) is 0 Å². The summed E-state index contributed by atoms with van der Waals surface area (Å²) in [5.41, 5.74) is -0.987. The minimum atomic E-state index is -4.98. The predicted molar refractivity (Wildman–Crippen MR) is 64.4 cm³/mol. The fourth-order valence-corrected chi connectivity index (χ4v) is 1.66. The van der Waals surface area contributed by atoms with Gasteiger partial charge < -0.3 is 10.1 Å². The lowest BCUT2D eigenvalue weighted by molar-refractivity contribution is -0.167. The van der Waals surface area contributed by atoms with Crippen molar-refractivity contribution < 1.29 is 31.5 Å². The third-order valence-electron chi connectivity index (χ3n) is 2.69. The molecule has 0 saturated carbocycles. The van der Waals surface area contributed by atoms with Crippen LogP contribution in [0, 0.1) is 11.6 Å². The number of halogens is 5. The van der Waals surface area contributed by atoms with Crippen LogP contribution in [0.25, 0.3) is 0 Å². The van der Waals surface area contributed by atoms with E-state index in [1.165, 1.54) is 6.92 Å². The largest absolute Gasteiger partial charge is 0.412 e. The van der Waals surface area contributed by atoms with E-state index in [1.54, 1.807) is 12.2 Å². The quantitative estimate of drug-likeness (QED) is 0.849. The third-order valence-corrected chi connectivity index (χ3v) is 2.69. The van der Waals surface area contributed by atoms with E-state index in [4.69, 9.17) is 4.74 Å². The van der Waals surface area contributed by atoms with E-state index < -0.39 is 41.4 Å². The van der Waals surface area contributed by atoms with Crippen molar-refractivity contribution in [2.75, 3.05) is 6.61 Å². The van der Waals surface area contributed by atoms with Crippen LogP contribution >= 0.6 is 0 Å². The van der Waals surface area contributed by atoms with Gasteiger partial charge in [-0.2, -0.15) is 13.2 Å². The summed E-state index contributed by atoms with van der Waals surface area (Å²) in [6, 6.07) is -0.257. The summed E-state index contributed by atoms with van der Waals surface area (Å²) in [5.74, 6) is -4.14. The Labute approximate surface area is 118 Å². The number of amides is 1. The molecular formula is C13H14F5NO2. The normalized spacial score (nSPS) is 14.6. The first-order chi connectivity index (χ1) is 9.68. The molecule has 0 spiro atoms. The second-order valence-electron chi connectivity index (χ2n) is 4.22. The van der Waals surface area contributed by atoms with Gasteiger partial charge in [0.15, 0.2) is 17.7 Å². The van der Waals surface area contributed by atoms with Crippen LogP contribution in [-0.2, 0) is 9.53 Å². The zero-order valence-electron chi connectivity index (χ0n) is 11.3. The van der Waals surface area contributed by atoms with Gasteiger partial charge in [-0.3, -0.25) is 4.79 Å². The van der Waals surface area contributed by atoms with Crippen molar-refractivity contribution in [2.24, 2.45) is 0 Å². The molecule has 0 aliphatic heterocycles. The van der Waals surface area contributed by atoms with Crippen molar-refractivity contribution in [3.63, 3.8) is 0 Å². The highest BCUT2D eigenvalue weighted by Crippen LogP contribution is 2.34. The Bertz CT molecular complexity index is 504. The summed E-state index contributed by atoms with van der Waals surface area (Å²) in [6.45, 7) is 2.95. The summed E-state index contributed by atoms with van der Waals surface area (Å²) in [5, 5.41) is 1.63. The summed E-state index contributed by atoms with van der Waals surface area (Å²) < 4.78 is 70.4. The summed E-state index contributed by atoms with van der Waals surface area (Å²) in [4.78, 5) is 11.6. The highest BCUT2D eigenvalue weighted by molar-refractivity contribution is 5.80. The molecule has 21 heavy (non-hydrogen) atoms. The van der Waals surface area contributed by atoms with Gasteiger partial charge in [0, 0.05) is 12.2 Å². The molecule has 0 unspecified atom stereocenters. The average molecular weight is 311 g/mol. The van der Waals surface area contributed by atoms with Gasteiger partial charge in [-0.25, -0.2) is 8.78 Å². The van der Waals surface area contributed by atoms with Gasteiger partial charge in [0.25, 0.3) is 0 Å². The molecule has 3 nitrogen and oxygen atoms in total. The van der Waals surface area contributed by atoms with Gasteiger partial charge in [-0.05, 0) is 19.9 Å². The summed E-state index contributed by atoms with van der Waals surface area (Å²) >= 11 is 0. The summed E-state index contributed by atoms with van der Waals surface area (Å²) in [6.07, 6.45) is -6.12. The van der Waals surface area contributed by atoms with Crippen LogP contribution in [0.4, 0.5) is 22.0 Å². The van der Waals surface area contributed by atoms with Crippen LogP contribution in [0.2, 0.25) is 0 Å². The molecular weight excluding hydrogens is 297 g/mol. The molecule has 8 heteroatoms. The second kappa shape index (κ2) is 6.84. The number of alkyl halides is 3. The van der Waals surface area contributed by atoms with Crippen LogP contribution in [0.5, 0.6) is 0 Å². The molecule has 1 amide bonds. The number of hydrogen-bond acceptors (Lipinski definition) is 2. The number of carbonyl (C=O) groups excluding carboxylic acids is 1. The topological polar surface area (TPSA) is 38.3 Å². The molecule has 1 N–H and O–H groups in total. The number of nitrogens with one attached hydrogen (secondary N) is 1. The minimum absolute atomic E-state index is 0.125. The zero-order chi connectivity index (χ0) is 16.2. The van der Waals surface area contributed by atoms with Crippen molar-refractivity contribution in [2.45, 2.75) is 32.2 Å². The first kappa shape index (κ1) is 17.4. The Morgan fingerprint density at radius 1 is 1.33 bits per heavy atom. The molecule has 0 heterocycles. The fourth-order valence-electron chi connectivity index (χ4n) is 1.66. The molecule has 0 radical (unpaired) electrons. The lowest BCUT2D eigenvalue weighted by Crippen LogP contribution is -2.43. The number of benzene rings is 1. The molecule has 1 rings (SSSR count). The number of rotatable bonds is 5. The second-order valence-corrected chi connectivity index (χ2v) is 4.22. The molecule has 0 aliphatic carbocycles. The Morgan fingerprint density at radius 2 is 1.95 bits per heavy atom. The highest BCUT2D eigenvalue weighted by Gasteiger charge is 2.44. The molecule has 0 aliphatic rings. The monoisotopic (exact) mass is 311 g/mol. The molecule has 1 aromatic rings. The van der Waals surface area contributed by atoms with E-state index in [-0.39, 0.29) is 6.61 Å². The minimum Gasteiger partial charge on any atom is -0.369 e. The van der Waals surface area contributed by atoms with Crippen LogP contribution in [0.15, 0.2) is 18.2 Å². The van der Waals surface area contributed by atoms with Crippen LogP contribution in [0.1, 0.15) is 25.5 Å². The van der Waals surface area contributed by atoms with E-state index >= 15 is 0 Å². The van der Waals surface area contributed by atoms with Crippen molar-refractivity contribution in [3.8, 4) is 0 Å². The Morgan fingerprint density at radius 3 is 2.48 bits per heavy atom. The first-order valence-electron chi connectivity index (χ1n) is 6.11. The standard InChI is InChI=1S/C13H14F5NO2/c1-3-21-7(2)12(20)19-11(13(16,17)18)8-5-4-6-9(14)10(8)15/h4-7,11H,3H2,1-2H3,(H,19,20)/t7-,11+/m0/s1. The molecule has 0 saturated heterocycles. The van der Waals surface area contributed by atoms with Gasteiger partial charge in [-0.15, -0.1) is 0 Å². The maximum absolute atomic E-state index is 13.5. The number of carbonyl (C=O) groups is 1. The van der Waals surface area contributed by atoms with Crippen LogP contribution in [0.3, 0.4) is 0 Å². The molecule has 1 aromatic carbocycles. The van der Waals surface area contributed by atoms with Crippen molar-refractivity contribution in [3.05, 3.63) is 35.4 Å².